The molecular weight excluding hydrogens is 288 g/mol. The molecule has 0 saturated carbocycles. The first-order valence-electron chi connectivity index (χ1n) is 6.69. The number of aryl methyl sites for hydroxylation is 1. The molecule has 0 aliphatic heterocycles. The Morgan fingerprint density at radius 1 is 1.29 bits per heavy atom. The number of carbonyl (C=O) groups is 1. The van der Waals surface area contributed by atoms with Gasteiger partial charge in [0.15, 0.2) is 0 Å². The molecule has 0 fully saturated rings. The third-order valence-electron chi connectivity index (χ3n) is 2.87. The molecule has 2 heterocycles. The minimum Gasteiger partial charge on any atom is -0.369 e. The van der Waals surface area contributed by atoms with Crippen LogP contribution in [0.4, 0.5) is 5.82 Å². The van der Waals surface area contributed by atoms with Crippen molar-refractivity contribution >= 4 is 23.3 Å². The maximum atomic E-state index is 12.1. The fraction of sp³-hybridized carbons (Fsp3) is 0.267. The average molecular weight is 305 g/mol. The second-order valence-corrected chi connectivity index (χ2v) is 4.98. The highest BCUT2D eigenvalue weighted by Crippen LogP contribution is 2.19. The van der Waals surface area contributed by atoms with Crippen molar-refractivity contribution in [2.75, 3.05) is 11.9 Å². The first-order valence-corrected chi connectivity index (χ1v) is 7.07. The van der Waals surface area contributed by atoms with Gasteiger partial charge >= 0.3 is 0 Å². The summed E-state index contributed by atoms with van der Waals surface area (Å²) >= 11 is 6.07. The van der Waals surface area contributed by atoms with Crippen LogP contribution in [-0.2, 0) is 6.54 Å². The molecular formula is C15H17ClN4O. The van der Waals surface area contributed by atoms with Crippen molar-refractivity contribution in [2.24, 2.45) is 0 Å². The van der Waals surface area contributed by atoms with Gasteiger partial charge in [0, 0.05) is 31.2 Å². The van der Waals surface area contributed by atoms with Gasteiger partial charge in [-0.2, -0.15) is 0 Å². The van der Waals surface area contributed by atoms with Crippen molar-refractivity contribution in [3.8, 4) is 0 Å². The van der Waals surface area contributed by atoms with Gasteiger partial charge in [0.05, 0.1) is 10.6 Å². The number of aromatic nitrogens is 2. The minimum absolute atomic E-state index is 0.215. The van der Waals surface area contributed by atoms with E-state index < -0.39 is 0 Å². The first kappa shape index (κ1) is 15.3. The molecule has 2 aromatic heterocycles. The number of nitrogens with zero attached hydrogens (tertiary/aromatic N) is 2. The van der Waals surface area contributed by atoms with E-state index >= 15 is 0 Å². The maximum Gasteiger partial charge on any atom is 0.253 e. The Morgan fingerprint density at radius 2 is 2.10 bits per heavy atom. The van der Waals surface area contributed by atoms with Crippen LogP contribution in [0.25, 0.3) is 0 Å². The minimum atomic E-state index is -0.215. The number of hydrogen-bond acceptors (Lipinski definition) is 4. The predicted octanol–water partition coefficient (Wildman–Crippen LogP) is 2.80. The van der Waals surface area contributed by atoms with Crippen molar-refractivity contribution in [1.29, 1.82) is 0 Å². The van der Waals surface area contributed by atoms with E-state index in [4.69, 9.17) is 11.6 Å². The monoisotopic (exact) mass is 304 g/mol. The van der Waals surface area contributed by atoms with Crippen LogP contribution in [0, 0.1) is 6.92 Å². The standard InChI is InChI=1S/C15H17ClN4O/c1-3-17-14-13(16)6-12(9-19-14)15(21)20-8-11-5-4-10(2)18-7-11/h4-7,9H,3,8H2,1-2H3,(H,17,19)(H,20,21). The van der Waals surface area contributed by atoms with Crippen LogP contribution in [0.5, 0.6) is 0 Å². The van der Waals surface area contributed by atoms with Crippen molar-refractivity contribution < 1.29 is 4.79 Å². The van der Waals surface area contributed by atoms with Gasteiger partial charge in [-0.1, -0.05) is 17.7 Å². The summed E-state index contributed by atoms with van der Waals surface area (Å²) in [6.07, 6.45) is 3.25. The zero-order valence-electron chi connectivity index (χ0n) is 12.0. The molecule has 110 valence electrons. The molecule has 0 unspecified atom stereocenters. The molecule has 0 aliphatic carbocycles. The number of halogens is 1. The van der Waals surface area contributed by atoms with Crippen LogP contribution in [0.15, 0.2) is 30.6 Å². The molecule has 5 nitrogen and oxygen atoms in total. The molecule has 2 aromatic rings. The number of carbonyl (C=O) groups excluding carboxylic acids is 1. The number of hydrogen-bond donors (Lipinski definition) is 2. The zero-order chi connectivity index (χ0) is 15.2. The molecule has 0 radical (unpaired) electrons. The highest BCUT2D eigenvalue weighted by atomic mass is 35.5. The van der Waals surface area contributed by atoms with Crippen LogP contribution in [0.1, 0.15) is 28.5 Å². The summed E-state index contributed by atoms with van der Waals surface area (Å²) in [5, 5.41) is 6.27. The van der Waals surface area contributed by atoms with Crippen LogP contribution in [0.2, 0.25) is 5.02 Å². The molecule has 2 N–H and O–H groups in total. The Labute approximate surface area is 128 Å². The number of rotatable bonds is 5. The summed E-state index contributed by atoms with van der Waals surface area (Å²) in [7, 11) is 0. The maximum absolute atomic E-state index is 12.1. The van der Waals surface area contributed by atoms with Gasteiger partial charge in [-0.15, -0.1) is 0 Å². The molecule has 1 amide bonds. The van der Waals surface area contributed by atoms with E-state index in [0.29, 0.717) is 22.9 Å². The van der Waals surface area contributed by atoms with Gasteiger partial charge in [0.25, 0.3) is 5.91 Å². The van der Waals surface area contributed by atoms with E-state index in [1.807, 2.05) is 26.0 Å². The Balaban J connectivity index is 2.00. The Morgan fingerprint density at radius 3 is 2.71 bits per heavy atom. The van der Waals surface area contributed by atoms with Gasteiger partial charge in [0.1, 0.15) is 5.82 Å². The Hall–Kier alpha value is -2.14. The molecule has 0 bridgehead atoms. The van der Waals surface area contributed by atoms with Gasteiger partial charge < -0.3 is 10.6 Å². The second kappa shape index (κ2) is 7.04. The number of anilines is 1. The molecule has 21 heavy (non-hydrogen) atoms. The van der Waals surface area contributed by atoms with Crippen molar-refractivity contribution in [3.05, 3.63) is 52.4 Å². The Bertz CT molecular complexity index is 628. The third-order valence-corrected chi connectivity index (χ3v) is 3.16. The van der Waals surface area contributed by atoms with E-state index in [-0.39, 0.29) is 5.91 Å². The summed E-state index contributed by atoms with van der Waals surface area (Å²) in [5.74, 6) is 0.367. The first-order chi connectivity index (χ1) is 10.1. The van der Waals surface area contributed by atoms with Crippen molar-refractivity contribution in [2.45, 2.75) is 20.4 Å². The van der Waals surface area contributed by atoms with Crippen molar-refractivity contribution in [1.82, 2.24) is 15.3 Å². The van der Waals surface area contributed by atoms with Gasteiger partial charge in [-0.3, -0.25) is 9.78 Å². The normalized spacial score (nSPS) is 10.2. The SMILES string of the molecule is CCNc1ncc(C(=O)NCc2ccc(C)nc2)cc1Cl. The third kappa shape index (κ3) is 4.16. The number of pyridine rings is 2. The number of nitrogens with one attached hydrogen (secondary N) is 2. The molecule has 0 aromatic carbocycles. The highest BCUT2D eigenvalue weighted by Gasteiger charge is 2.09. The van der Waals surface area contributed by atoms with Crippen LogP contribution in [-0.4, -0.2) is 22.4 Å². The topological polar surface area (TPSA) is 66.9 Å². The van der Waals surface area contributed by atoms with E-state index in [2.05, 4.69) is 20.6 Å². The summed E-state index contributed by atoms with van der Waals surface area (Å²) in [4.78, 5) is 20.4. The summed E-state index contributed by atoms with van der Waals surface area (Å²) in [5.41, 5.74) is 2.32. The largest absolute Gasteiger partial charge is 0.369 e. The second-order valence-electron chi connectivity index (χ2n) is 4.58. The molecule has 0 saturated heterocycles. The lowest BCUT2D eigenvalue weighted by atomic mass is 10.2. The lowest BCUT2D eigenvalue weighted by molar-refractivity contribution is 0.0950. The van der Waals surface area contributed by atoms with E-state index in [1.54, 1.807) is 12.3 Å². The lowest BCUT2D eigenvalue weighted by Gasteiger charge is -2.08. The quantitative estimate of drug-likeness (QED) is 0.891. The zero-order valence-corrected chi connectivity index (χ0v) is 12.7. The molecule has 6 heteroatoms. The summed E-state index contributed by atoms with van der Waals surface area (Å²) < 4.78 is 0. The van der Waals surface area contributed by atoms with E-state index in [0.717, 1.165) is 17.8 Å². The predicted molar refractivity (Wildman–Crippen MR) is 83.6 cm³/mol. The highest BCUT2D eigenvalue weighted by molar-refractivity contribution is 6.33. The van der Waals surface area contributed by atoms with E-state index in [9.17, 15) is 4.79 Å². The van der Waals surface area contributed by atoms with Crippen molar-refractivity contribution in [3.63, 3.8) is 0 Å². The smallest absolute Gasteiger partial charge is 0.253 e. The average Bonchev–Trinajstić information content (AvgIpc) is 2.48. The molecule has 0 aliphatic rings. The van der Waals surface area contributed by atoms with E-state index in [1.165, 1.54) is 6.20 Å². The van der Waals surface area contributed by atoms with Crippen LogP contribution >= 0.6 is 11.6 Å². The fourth-order valence-electron chi connectivity index (χ4n) is 1.75. The van der Waals surface area contributed by atoms with Crippen LogP contribution < -0.4 is 10.6 Å². The molecule has 0 spiro atoms. The summed E-state index contributed by atoms with van der Waals surface area (Å²) in [6.45, 7) is 5.01. The summed E-state index contributed by atoms with van der Waals surface area (Å²) in [6, 6.07) is 5.45. The van der Waals surface area contributed by atoms with Gasteiger partial charge in [-0.05, 0) is 31.5 Å². The lowest BCUT2D eigenvalue weighted by Crippen LogP contribution is -2.23. The fourth-order valence-corrected chi connectivity index (χ4v) is 1.98. The molecule has 0 atom stereocenters. The Kier molecular flexibility index (Phi) is 5.11. The molecule has 2 rings (SSSR count). The number of amides is 1. The van der Waals surface area contributed by atoms with Crippen LogP contribution in [0.3, 0.4) is 0 Å². The van der Waals surface area contributed by atoms with Gasteiger partial charge in [-0.25, -0.2) is 4.98 Å². The van der Waals surface area contributed by atoms with Gasteiger partial charge in [0.2, 0.25) is 0 Å².